The van der Waals surface area contributed by atoms with Crippen LogP contribution in [0.5, 0.6) is 5.75 Å². The van der Waals surface area contributed by atoms with Gasteiger partial charge in [-0.3, -0.25) is 9.59 Å². The molecule has 0 radical (unpaired) electrons. The Morgan fingerprint density at radius 3 is 2.88 bits per heavy atom. The highest BCUT2D eigenvalue weighted by Gasteiger charge is 2.13. The Morgan fingerprint density at radius 1 is 1.31 bits per heavy atom. The number of nitrogens with one attached hydrogen (secondary N) is 2. The first-order chi connectivity index (χ1) is 12.6. The molecular formula is C18H20N4O3S. The number of aromatic nitrogens is 2. The second-order valence-corrected chi connectivity index (χ2v) is 6.65. The molecule has 2 amide bonds. The van der Waals surface area contributed by atoms with Crippen molar-refractivity contribution in [2.24, 2.45) is 7.05 Å². The van der Waals surface area contributed by atoms with E-state index < -0.39 is 0 Å². The van der Waals surface area contributed by atoms with Crippen LogP contribution in [0.2, 0.25) is 0 Å². The predicted molar refractivity (Wildman–Crippen MR) is 102 cm³/mol. The number of ether oxygens (including phenoxy) is 1. The fourth-order valence-electron chi connectivity index (χ4n) is 2.68. The van der Waals surface area contributed by atoms with Gasteiger partial charge in [0.25, 0.3) is 5.91 Å². The monoisotopic (exact) mass is 372 g/mol. The summed E-state index contributed by atoms with van der Waals surface area (Å²) in [5.74, 6) is 0.482. The highest BCUT2D eigenvalue weighted by atomic mass is 32.1. The molecule has 136 valence electrons. The van der Waals surface area contributed by atoms with Crippen LogP contribution in [-0.2, 0) is 11.8 Å². The van der Waals surface area contributed by atoms with Gasteiger partial charge in [-0.05, 0) is 30.7 Å². The lowest BCUT2D eigenvalue weighted by molar-refractivity contribution is -0.116. The average Bonchev–Trinajstić information content (AvgIpc) is 3.26. The number of hydrogen-bond acceptors (Lipinski definition) is 5. The molecule has 3 rings (SSSR count). The Labute approximate surface area is 155 Å². The van der Waals surface area contributed by atoms with Gasteiger partial charge >= 0.3 is 0 Å². The minimum atomic E-state index is -0.164. The summed E-state index contributed by atoms with van der Waals surface area (Å²) in [6.07, 6.45) is 2.52. The second kappa shape index (κ2) is 8.01. The Kier molecular flexibility index (Phi) is 5.52. The summed E-state index contributed by atoms with van der Waals surface area (Å²) in [6, 6.07) is 7.52. The number of carbonyl (C=O) groups excluding carboxylic acids is 2. The van der Waals surface area contributed by atoms with Crippen molar-refractivity contribution in [3.05, 3.63) is 41.5 Å². The van der Waals surface area contributed by atoms with Crippen LogP contribution in [-0.4, -0.2) is 35.0 Å². The number of thiazole rings is 1. The molecule has 0 aliphatic carbocycles. The molecule has 0 atom stereocenters. The summed E-state index contributed by atoms with van der Waals surface area (Å²) >= 11 is 1.37. The fraction of sp³-hybridized carbons (Fsp3) is 0.278. The lowest BCUT2D eigenvalue weighted by Gasteiger charge is -2.07. The molecule has 26 heavy (non-hydrogen) atoms. The van der Waals surface area contributed by atoms with Gasteiger partial charge in [-0.2, -0.15) is 0 Å². The number of nitrogens with zero attached hydrogens (tertiary/aromatic N) is 2. The Balaban J connectivity index is 1.52. The maximum atomic E-state index is 12.4. The fourth-order valence-corrected chi connectivity index (χ4v) is 3.23. The first-order valence-electron chi connectivity index (χ1n) is 8.19. The van der Waals surface area contributed by atoms with Gasteiger partial charge in [0.2, 0.25) is 5.91 Å². The van der Waals surface area contributed by atoms with Gasteiger partial charge in [0, 0.05) is 42.5 Å². The number of hydrogen-bond donors (Lipinski definition) is 2. The number of anilines is 1. The summed E-state index contributed by atoms with van der Waals surface area (Å²) in [7, 11) is 3.47. The quantitative estimate of drug-likeness (QED) is 0.625. The van der Waals surface area contributed by atoms with Crippen molar-refractivity contribution >= 4 is 39.2 Å². The van der Waals surface area contributed by atoms with E-state index in [1.54, 1.807) is 18.7 Å². The number of rotatable bonds is 7. The Morgan fingerprint density at radius 2 is 2.15 bits per heavy atom. The third-order valence-electron chi connectivity index (χ3n) is 4.03. The van der Waals surface area contributed by atoms with E-state index in [1.165, 1.54) is 11.3 Å². The van der Waals surface area contributed by atoms with Crippen LogP contribution in [0.3, 0.4) is 0 Å². The van der Waals surface area contributed by atoms with Crippen LogP contribution in [0, 0.1) is 0 Å². The molecule has 2 aromatic heterocycles. The predicted octanol–water partition coefficient (Wildman–Crippen LogP) is 2.79. The van der Waals surface area contributed by atoms with Crippen molar-refractivity contribution in [2.75, 3.05) is 19.0 Å². The van der Waals surface area contributed by atoms with Crippen molar-refractivity contribution in [1.82, 2.24) is 14.9 Å². The number of amides is 2. The molecule has 2 N–H and O–H groups in total. The van der Waals surface area contributed by atoms with E-state index in [0.29, 0.717) is 30.2 Å². The van der Waals surface area contributed by atoms with Gasteiger partial charge < -0.3 is 19.9 Å². The van der Waals surface area contributed by atoms with Crippen molar-refractivity contribution < 1.29 is 14.3 Å². The largest absolute Gasteiger partial charge is 0.497 e. The molecule has 0 fully saturated rings. The van der Waals surface area contributed by atoms with Crippen LogP contribution in [0.4, 0.5) is 5.13 Å². The summed E-state index contributed by atoms with van der Waals surface area (Å²) in [6.45, 7) is 0.426. The van der Waals surface area contributed by atoms with E-state index in [0.717, 1.165) is 16.7 Å². The lowest BCUT2D eigenvalue weighted by Crippen LogP contribution is -2.27. The molecular weight excluding hydrogens is 352 g/mol. The molecule has 0 spiro atoms. The SMILES string of the molecule is COc1ccc2c(c1)cc(C(=O)NCCCC(=O)Nc1nccs1)n2C. The molecule has 0 aliphatic heterocycles. The first kappa shape index (κ1) is 17.9. The second-order valence-electron chi connectivity index (χ2n) is 5.76. The van der Waals surface area contributed by atoms with Gasteiger partial charge in [-0.1, -0.05) is 0 Å². The molecule has 3 aromatic rings. The number of fused-ring (bicyclic) bond motifs is 1. The van der Waals surface area contributed by atoms with Crippen LogP contribution >= 0.6 is 11.3 Å². The smallest absolute Gasteiger partial charge is 0.267 e. The van der Waals surface area contributed by atoms with E-state index >= 15 is 0 Å². The summed E-state index contributed by atoms with van der Waals surface area (Å²) in [5.41, 5.74) is 1.53. The molecule has 1 aromatic carbocycles. The molecule has 0 bridgehead atoms. The zero-order chi connectivity index (χ0) is 18.5. The van der Waals surface area contributed by atoms with E-state index in [2.05, 4.69) is 15.6 Å². The van der Waals surface area contributed by atoms with E-state index in [4.69, 9.17) is 4.74 Å². The highest BCUT2D eigenvalue weighted by Crippen LogP contribution is 2.23. The van der Waals surface area contributed by atoms with E-state index in [9.17, 15) is 9.59 Å². The minimum absolute atomic E-state index is 0.106. The van der Waals surface area contributed by atoms with Crippen molar-refractivity contribution in [2.45, 2.75) is 12.8 Å². The van der Waals surface area contributed by atoms with Gasteiger partial charge in [-0.15, -0.1) is 11.3 Å². The normalized spacial score (nSPS) is 10.7. The third kappa shape index (κ3) is 4.02. The molecule has 0 aliphatic rings. The van der Waals surface area contributed by atoms with Crippen LogP contribution in [0.15, 0.2) is 35.8 Å². The van der Waals surface area contributed by atoms with Crippen molar-refractivity contribution in [3.63, 3.8) is 0 Å². The lowest BCUT2D eigenvalue weighted by atomic mass is 10.2. The minimum Gasteiger partial charge on any atom is -0.497 e. The summed E-state index contributed by atoms with van der Waals surface area (Å²) < 4.78 is 7.07. The third-order valence-corrected chi connectivity index (χ3v) is 4.72. The van der Waals surface area contributed by atoms with Gasteiger partial charge in [0.15, 0.2) is 5.13 Å². The Hall–Kier alpha value is -2.87. The molecule has 2 heterocycles. The summed E-state index contributed by atoms with van der Waals surface area (Å²) in [5, 5.41) is 8.91. The maximum absolute atomic E-state index is 12.4. The van der Waals surface area contributed by atoms with Crippen molar-refractivity contribution in [1.29, 1.82) is 0 Å². The average molecular weight is 372 g/mol. The standard InChI is InChI=1S/C18H20N4O3S/c1-22-14-6-5-13(25-2)10-12(14)11-15(22)17(24)19-7-3-4-16(23)21-18-20-8-9-26-18/h5-6,8-11H,3-4,7H2,1-2H3,(H,19,24)(H,20,21,23). The number of benzene rings is 1. The van der Waals surface area contributed by atoms with Crippen LogP contribution < -0.4 is 15.4 Å². The maximum Gasteiger partial charge on any atom is 0.267 e. The van der Waals surface area contributed by atoms with Gasteiger partial charge in [0.05, 0.1) is 7.11 Å². The van der Waals surface area contributed by atoms with Gasteiger partial charge in [0.1, 0.15) is 11.4 Å². The topological polar surface area (TPSA) is 85.2 Å². The van der Waals surface area contributed by atoms with Crippen LogP contribution in [0.25, 0.3) is 10.9 Å². The van der Waals surface area contributed by atoms with Crippen molar-refractivity contribution in [3.8, 4) is 5.75 Å². The van der Waals surface area contributed by atoms with Gasteiger partial charge in [-0.25, -0.2) is 4.98 Å². The Bertz CT molecular complexity index is 918. The number of methoxy groups -OCH3 is 1. The zero-order valence-corrected chi connectivity index (χ0v) is 15.4. The van der Waals surface area contributed by atoms with E-state index in [-0.39, 0.29) is 11.8 Å². The first-order valence-corrected chi connectivity index (χ1v) is 9.07. The number of aryl methyl sites for hydroxylation is 1. The molecule has 8 heteroatoms. The summed E-state index contributed by atoms with van der Waals surface area (Å²) in [4.78, 5) is 28.2. The molecule has 0 saturated carbocycles. The molecule has 7 nitrogen and oxygen atoms in total. The molecule has 0 saturated heterocycles. The van der Waals surface area contributed by atoms with E-state index in [1.807, 2.05) is 35.9 Å². The number of carbonyl (C=O) groups is 2. The highest BCUT2D eigenvalue weighted by molar-refractivity contribution is 7.13. The van der Waals surface area contributed by atoms with Crippen LogP contribution in [0.1, 0.15) is 23.3 Å². The molecule has 0 unspecified atom stereocenters. The zero-order valence-electron chi connectivity index (χ0n) is 14.6.